The predicted molar refractivity (Wildman–Crippen MR) is 148 cm³/mol. The first-order valence-corrected chi connectivity index (χ1v) is 11.4. The average Bonchev–Trinajstić information content (AvgIpc) is 3.51. The van der Waals surface area contributed by atoms with Gasteiger partial charge in [0.25, 0.3) is 0 Å². The van der Waals surface area contributed by atoms with Gasteiger partial charge in [-0.3, -0.25) is 0 Å². The maximum Gasteiger partial charge on any atom is 0.191 e. The average molecular weight is 569 g/mol. The van der Waals surface area contributed by atoms with E-state index in [9.17, 15) is 0 Å². The summed E-state index contributed by atoms with van der Waals surface area (Å²) in [5.74, 6) is 1.86. The highest BCUT2D eigenvalue weighted by Gasteiger charge is 2.03. The minimum atomic E-state index is 0. The summed E-state index contributed by atoms with van der Waals surface area (Å²) in [5, 5.41) is 11.1. The van der Waals surface area contributed by atoms with Crippen molar-refractivity contribution in [2.45, 2.75) is 33.4 Å². The minimum Gasteiger partial charge on any atom is -0.357 e. The number of halogens is 1. The molecule has 0 amide bonds. The van der Waals surface area contributed by atoms with Crippen LogP contribution >= 0.6 is 24.0 Å². The second kappa shape index (κ2) is 12.9. The largest absolute Gasteiger partial charge is 0.357 e. The van der Waals surface area contributed by atoms with Gasteiger partial charge in [-0.2, -0.15) is 5.10 Å². The van der Waals surface area contributed by atoms with Gasteiger partial charge >= 0.3 is 0 Å². The van der Waals surface area contributed by atoms with Crippen LogP contribution in [0.2, 0.25) is 0 Å². The van der Waals surface area contributed by atoms with E-state index in [1.54, 1.807) is 6.20 Å². The molecular weight excluding hydrogens is 537 g/mol. The van der Waals surface area contributed by atoms with Gasteiger partial charge in [-0.05, 0) is 55.2 Å². The molecule has 0 aliphatic heterocycles. The molecule has 0 saturated carbocycles. The van der Waals surface area contributed by atoms with Crippen LogP contribution in [0.15, 0.2) is 84.4 Å². The predicted octanol–water partition coefficient (Wildman–Crippen LogP) is 4.34. The van der Waals surface area contributed by atoms with Gasteiger partial charge in [-0.1, -0.05) is 36.4 Å². The first-order valence-electron chi connectivity index (χ1n) is 11.4. The summed E-state index contributed by atoms with van der Waals surface area (Å²) in [7, 11) is 0. The smallest absolute Gasteiger partial charge is 0.191 e. The van der Waals surface area contributed by atoms with Gasteiger partial charge in [0, 0.05) is 44.4 Å². The minimum absolute atomic E-state index is 0. The van der Waals surface area contributed by atoms with E-state index in [0.29, 0.717) is 6.54 Å². The lowest BCUT2D eigenvalue weighted by Crippen LogP contribution is -2.38. The Labute approximate surface area is 218 Å². The van der Waals surface area contributed by atoms with Crippen LogP contribution in [0, 0.1) is 6.92 Å². The molecule has 34 heavy (non-hydrogen) atoms. The van der Waals surface area contributed by atoms with Gasteiger partial charge in [-0.15, -0.1) is 24.0 Å². The van der Waals surface area contributed by atoms with Crippen molar-refractivity contribution in [1.82, 2.24) is 30.0 Å². The van der Waals surface area contributed by atoms with Crippen LogP contribution in [0.4, 0.5) is 0 Å². The molecule has 2 aromatic carbocycles. The van der Waals surface area contributed by atoms with Crippen molar-refractivity contribution in [3.63, 3.8) is 0 Å². The number of nitrogens with one attached hydrogen (secondary N) is 2. The molecule has 0 saturated heterocycles. The number of nitrogens with zero attached hydrogens (tertiary/aromatic N) is 5. The van der Waals surface area contributed by atoms with E-state index in [-0.39, 0.29) is 24.0 Å². The lowest BCUT2D eigenvalue weighted by atomic mass is 10.1. The summed E-state index contributed by atoms with van der Waals surface area (Å²) in [5.41, 5.74) is 4.78. The van der Waals surface area contributed by atoms with Crippen LogP contribution in [-0.4, -0.2) is 38.4 Å². The van der Waals surface area contributed by atoms with Gasteiger partial charge in [0.05, 0.1) is 12.2 Å². The highest BCUT2D eigenvalue weighted by atomic mass is 127. The molecule has 0 aliphatic rings. The van der Waals surface area contributed by atoms with Crippen LogP contribution in [0.25, 0.3) is 5.69 Å². The van der Waals surface area contributed by atoms with E-state index in [0.717, 1.165) is 43.5 Å². The molecule has 178 valence electrons. The van der Waals surface area contributed by atoms with E-state index < -0.39 is 0 Å². The summed E-state index contributed by atoms with van der Waals surface area (Å²) >= 11 is 0. The molecule has 0 unspecified atom stereocenters. The zero-order valence-corrected chi connectivity index (χ0v) is 22.0. The Balaban J connectivity index is 0.00000324. The molecule has 7 nitrogen and oxygen atoms in total. The highest BCUT2D eigenvalue weighted by molar-refractivity contribution is 14.0. The number of aliphatic imine (C=N–C) groups is 1. The number of rotatable bonds is 9. The van der Waals surface area contributed by atoms with E-state index >= 15 is 0 Å². The van der Waals surface area contributed by atoms with Crippen molar-refractivity contribution in [2.24, 2.45) is 4.99 Å². The standard InChI is InChI=1S/C26H31N7.HI/c1-3-27-26(29-14-12-22-8-10-25(11-9-22)33-16-5-13-31-33)30-19-23-6-4-7-24(18-23)20-32-17-15-28-21(32)2;/h4-11,13,15-18H,3,12,14,19-20H2,1-2H3,(H2,27,29,30);1H. The first kappa shape index (κ1) is 25.5. The van der Waals surface area contributed by atoms with Crippen LogP contribution < -0.4 is 10.6 Å². The SMILES string of the molecule is CCNC(=NCc1cccc(Cn2ccnc2C)c1)NCCc1ccc(-n2cccn2)cc1.I. The number of imidazole rings is 1. The number of aromatic nitrogens is 4. The van der Waals surface area contributed by atoms with Crippen LogP contribution in [0.5, 0.6) is 0 Å². The monoisotopic (exact) mass is 569 g/mol. The van der Waals surface area contributed by atoms with E-state index in [1.165, 1.54) is 16.7 Å². The Morgan fingerprint density at radius 1 is 0.941 bits per heavy atom. The molecule has 2 N–H and O–H groups in total. The second-order valence-corrected chi connectivity index (χ2v) is 7.91. The van der Waals surface area contributed by atoms with Crippen molar-refractivity contribution in [1.29, 1.82) is 0 Å². The van der Waals surface area contributed by atoms with Gasteiger partial charge in [0.15, 0.2) is 5.96 Å². The van der Waals surface area contributed by atoms with Crippen LogP contribution in [-0.2, 0) is 19.5 Å². The van der Waals surface area contributed by atoms with Gasteiger partial charge in [0.2, 0.25) is 0 Å². The van der Waals surface area contributed by atoms with Crippen LogP contribution in [0.3, 0.4) is 0 Å². The number of benzene rings is 2. The Morgan fingerprint density at radius 3 is 2.47 bits per heavy atom. The molecule has 8 heteroatoms. The zero-order valence-electron chi connectivity index (χ0n) is 19.7. The van der Waals surface area contributed by atoms with Gasteiger partial charge in [0.1, 0.15) is 5.82 Å². The normalized spacial score (nSPS) is 11.2. The summed E-state index contributed by atoms with van der Waals surface area (Å²) in [6, 6.07) is 19.0. The molecule has 2 aromatic heterocycles. The quantitative estimate of drug-likeness (QED) is 0.179. The van der Waals surface area contributed by atoms with Crippen molar-refractivity contribution >= 4 is 29.9 Å². The number of guanidine groups is 1. The van der Waals surface area contributed by atoms with Crippen molar-refractivity contribution in [2.75, 3.05) is 13.1 Å². The summed E-state index contributed by atoms with van der Waals surface area (Å²) in [4.78, 5) is 9.08. The van der Waals surface area contributed by atoms with E-state index in [2.05, 4.69) is 80.7 Å². The number of aryl methyl sites for hydroxylation is 1. The molecule has 0 fully saturated rings. The lowest BCUT2D eigenvalue weighted by Gasteiger charge is -2.12. The fraction of sp³-hybridized carbons (Fsp3) is 0.269. The summed E-state index contributed by atoms with van der Waals surface area (Å²) < 4.78 is 4.01. The Hall–Kier alpha value is -3.14. The maximum absolute atomic E-state index is 4.78. The number of hydrogen-bond acceptors (Lipinski definition) is 3. The van der Waals surface area contributed by atoms with Crippen molar-refractivity contribution < 1.29 is 0 Å². The van der Waals surface area contributed by atoms with Gasteiger partial charge < -0.3 is 15.2 Å². The molecule has 0 bridgehead atoms. The fourth-order valence-corrected chi connectivity index (χ4v) is 3.67. The molecular formula is C26H32IN7. The Morgan fingerprint density at radius 2 is 1.76 bits per heavy atom. The molecule has 2 heterocycles. The van der Waals surface area contributed by atoms with Crippen LogP contribution in [0.1, 0.15) is 29.4 Å². The lowest BCUT2D eigenvalue weighted by molar-refractivity contribution is 0.760. The van der Waals surface area contributed by atoms with Crippen molar-refractivity contribution in [3.05, 3.63) is 102 Å². The number of hydrogen-bond donors (Lipinski definition) is 2. The Bertz CT molecular complexity index is 1160. The Kier molecular flexibility index (Phi) is 9.69. The molecule has 4 aromatic rings. The third kappa shape index (κ3) is 7.18. The van der Waals surface area contributed by atoms with Crippen molar-refractivity contribution in [3.8, 4) is 5.69 Å². The highest BCUT2D eigenvalue weighted by Crippen LogP contribution is 2.10. The van der Waals surface area contributed by atoms with E-state index in [4.69, 9.17) is 4.99 Å². The molecule has 0 spiro atoms. The first-order chi connectivity index (χ1) is 16.2. The van der Waals surface area contributed by atoms with Gasteiger partial charge in [-0.25, -0.2) is 14.7 Å². The summed E-state index contributed by atoms with van der Waals surface area (Å²) in [6.07, 6.45) is 8.51. The molecule has 0 aliphatic carbocycles. The second-order valence-electron chi connectivity index (χ2n) is 7.91. The fourth-order valence-electron chi connectivity index (χ4n) is 3.67. The summed E-state index contributed by atoms with van der Waals surface area (Å²) in [6.45, 7) is 7.19. The topological polar surface area (TPSA) is 72.1 Å². The maximum atomic E-state index is 4.78. The third-order valence-electron chi connectivity index (χ3n) is 5.44. The third-order valence-corrected chi connectivity index (χ3v) is 5.44. The molecule has 0 atom stereocenters. The molecule has 4 rings (SSSR count). The molecule has 0 radical (unpaired) electrons. The zero-order chi connectivity index (χ0) is 22.9. The van der Waals surface area contributed by atoms with E-state index in [1.807, 2.05) is 36.3 Å².